The second-order valence-electron chi connectivity index (χ2n) is 4.47. The molecular weight excluding hydrogens is 286 g/mol. The molecule has 0 saturated heterocycles. The molecule has 7 heteroatoms. The topological polar surface area (TPSA) is 93.8 Å². The number of carbonyl (C=O) groups is 2. The van der Waals surface area contributed by atoms with Gasteiger partial charge in [0.25, 0.3) is 0 Å². The fraction of sp³-hybridized carbons (Fsp3) is 0.0667. The second-order valence-corrected chi connectivity index (χ2v) is 4.47. The number of aromatic carboxylic acids is 1. The van der Waals surface area contributed by atoms with Crippen LogP contribution in [0.4, 0.5) is 0 Å². The summed E-state index contributed by atoms with van der Waals surface area (Å²) in [5, 5.41) is 9.32. The summed E-state index contributed by atoms with van der Waals surface area (Å²) in [6.45, 7) is 0. The molecule has 3 aromatic rings. The zero-order chi connectivity index (χ0) is 15.7. The van der Waals surface area contributed by atoms with Crippen molar-refractivity contribution >= 4 is 17.5 Å². The van der Waals surface area contributed by atoms with Crippen LogP contribution in [0.1, 0.15) is 20.8 Å². The quantitative estimate of drug-likeness (QED) is 0.742. The van der Waals surface area contributed by atoms with Crippen LogP contribution in [-0.4, -0.2) is 38.5 Å². The highest BCUT2D eigenvalue weighted by Gasteiger charge is 2.20. The lowest BCUT2D eigenvalue weighted by atomic mass is 10.2. The Morgan fingerprint density at radius 3 is 2.73 bits per heavy atom. The number of hydrogen-bond acceptors (Lipinski definition) is 5. The summed E-state index contributed by atoms with van der Waals surface area (Å²) in [5.74, 6) is -1.33. The standard InChI is InChI=1S/C15H11N3O4/c1-22-15(21)9-5-7-18-11(8-9)12(14(19)20)17-13(18)10-4-2-3-6-16-10/h2-8H,1H3,(H,19,20). The molecule has 0 radical (unpaired) electrons. The Labute approximate surface area is 124 Å². The van der Waals surface area contributed by atoms with Crippen LogP contribution in [-0.2, 0) is 4.74 Å². The summed E-state index contributed by atoms with van der Waals surface area (Å²) in [4.78, 5) is 31.3. The number of nitrogens with zero attached hydrogens (tertiary/aromatic N) is 3. The summed E-state index contributed by atoms with van der Waals surface area (Å²) in [6.07, 6.45) is 3.17. The minimum atomic E-state index is -1.18. The van der Waals surface area contributed by atoms with E-state index >= 15 is 0 Å². The van der Waals surface area contributed by atoms with Gasteiger partial charge in [-0.1, -0.05) is 6.07 Å². The highest BCUT2D eigenvalue weighted by atomic mass is 16.5. The van der Waals surface area contributed by atoms with Crippen LogP contribution < -0.4 is 0 Å². The van der Waals surface area contributed by atoms with Gasteiger partial charge in [0.1, 0.15) is 5.69 Å². The summed E-state index contributed by atoms with van der Waals surface area (Å²) in [5.41, 5.74) is 0.947. The van der Waals surface area contributed by atoms with Gasteiger partial charge in [0.2, 0.25) is 0 Å². The molecular formula is C15H11N3O4. The minimum absolute atomic E-state index is 0.147. The van der Waals surface area contributed by atoms with Crippen LogP contribution in [0.25, 0.3) is 17.0 Å². The Bertz CT molecular complexity index is 871. The lowest BCUT2D eigenvalue weighted by Crippen LogP contribution is -2.03. The fourth-order valence-corrected chi connectivity index (χ4v) is 2.16. The molecule has 3 rings (SSSR count). The molecule has 3 aromatic heterocycles. The zero-order valence-corrected chi connectivity index (χ0v) is 11.6. The first-order valence-corrected chi connectivity index (χ1v) is 6.37. The number of carboxylic acid groups (broad SMARTS) is 1. The Balaban J connectivity index is 2.28. The van der Waals surface area contributed by atoms with E-state index in [0.29, 0.717) is 17.0 Å². The van der Waals surface area contributed by atoms with Crippen molar-refractivity contribution in [1.82, 2.24) is 14.4 Å². The average molecular weight is 297 g/mol. The number of esters is 1. The van der Waals surface area contributed by atoms with Gasteiger partial charge in [0.05, 0.1) is 18.2 Å². The number of carboxylic acids is 1. The van der Waals surface area contributed by atoms with Crippen molar-refractivity contribution in [3.8, 4) is 11.5 Å². The molecule has 0 aromatic carbocycles. The predicted molar refractivity (Wildman–Crippen MR) is 76.7 cm³/mol. The van der Waals surface area contributed by atoms with Gasteiger partial charge in [-0.05, 0) is 24.3 Å². The van der Waals surface area contributed by atoms with Crippen molar-refractivity contribution in [2.24, 2.45) is 0 Å². The molecule has 7 nitrogen and oxygen atoms in total. The lowest BCUT2D eigenvalue weighted by molar-refractivity contribution is 0.0599. The number of hydrogen-bond donors (Lipinski definition) is 1. The number of ether oxygens (including phenoxy) is 1. The van der Waals surface area contributed by atoms with Gasteiger partial charge in [0.15, 0.2) is 11.5 Å². The molecule has 0 unspecified atom stereocenters. The smallest absolute Gasteiger partial charge is 0.356 e. The SMILES string of the molecule is COC(=O)c1ccn2c(-c3ccccn3)nc(C(=O)O)c2c1. The molecule has 22 heavy (non-hydrogen) atoms. The summed E-state index contributed by atoms with van der Waals surface area (Å²) in [7, 11) is 1.26. The molecule has 1 N–H and O–H groups in total. The predicted octanol–water partition coefficient (Wildman–Crippen LogP) is 1.88. The third-order valence-electron chi connectivity index (χ3n) is 3.16. The second kappa shape index (κ2) is 5.28. The number of rotatable bonds is 3. The summed E-state index contributed by atoms with van der Waals surface area (Å²) >= 11 is 0. The van der Waals surface area contributed by atoms with Crippen LogP contribution >= 0.6 is 0 Å². The highest BCUT2D eigenvalue weighted by molar-refractivity contribution is 5.97. The van der Waals surface area contributed by atoms with Gasteiger partial charge in [-0.2, -0.15) is 0 Å². The van der Waals surface area contributed by atoms with Crippen LogP contribution in [0.5, 0.6) is 0 Å². The van der Waals surface area contributed by atoms with Crippen LogP contribution in [0.2, 0.25) is 0 Å². The van der Waals surface area contributed by atoms with Crippen molar-refractivity contribution in [3.05, 3.63) is 54.0 Å². The van der Waals surface area contributed by atoms with E-state index in [4.69, 9.17) is 0 Å². The van der Waals surface area contributed by atoms with Crippen molar-refractivity contribution in [2.75, 3.05) is 7.11 Å². The molecule has 0 saturated carbocycles. The van der Waals surface area contributed by atoms with Crippen LogP contribution in [0.3, 0.4) is 0 Å². The van der Waals surface area contributed by atoms with E-state index in [1.165, 1.54) is 13.2 Å². The fourth-order valence-electron chi connectivity index (χ4n) is 2.16. The molecule has 0 bridgehead atoms. The van der Waals surface area contributed by atoms with Crippen LogP contribution in [0, 0.1) is 0 Å². The summed E-state index contributed by atoms with van der Waals surface area (Å²) < 4.78 is 6.23. The third-order valence-corrected chi connectivity index (χ3v) is 3.16. The first kappa shape index (κ1) is 13.7. The Kier molecular flexibility index (Phi) is 3.30. The minimum Gasteiger partial charge on any atom is -0.476 e. The van der Waals surface area contributed by atoms with E-state index in [2.05, 4.69) is 14.7 Å². The van der Waals surface area contributed by atoms with Crippen molar-refractivity contribution in [3.63, 3.8) is 0 Å². The maximum Gasteiger partial charge on any atom is 0.356 e. The number of aromatic nitrogens is 3. The number of imidazole rings is 1. The molecule has 0 spiro atoms. The number of pyridine rings is 2. The molecule has 0 fully saturated rings. The van der Waals surface area contributed by atoms with Gasteiger partial charge in [0, 0.05) is 12.4 Å². The van der Waals surface area contributed by atoms with Gasteiger partial charge in [-0.25, -0.2) is 14.6 Å². The number of carbonyl (C=O) groups excluding carboxylic acids is 1. The van der Waals surface area contributed by atoms with Crippen molar-refractivity contribution in [2.45, 2.75) is 0 Å². The molecule has 110 valence electrons. The Hall–Kier alpha value is -3.22. The van der Waals surface area contributed by atoms with Gasteiger partial charge < -0.3 is 9.84 Å². The average Bonchev–Trinajstić information content (AvgIpc) is 2.94. The van der Waals surface area contributed by atoms with Crippen molar-refractivity contribution in [1.29, 1.82) is 0 Å². The van der Waals surface area contributed by atoms with E-state index in [1.807, 2.05) is 0 Å². The summed E-state index contributed by atoms with van der Waals surface area (Å²) in [6, 6.07) is 8.25. The van der Waals surface area contributed by atoms with Crippen molar-refractivity contribution < 1.29 is 19.4 Å². The number of fused-ring (bicyclic) bond motifs is 1. The van der Waals surface area contributed by atoms with E-state index in [-0.39, 0.29) is 11.3 Å². The zero-order valence-electron chi connectivity index (χ0n) is 11.6. The number of methoxy groups -OCH3 is 1. The molecule has 0 atom stereocenters. The third kappa shape index (κ3) is 2.18. The lowest BCUT2D eigenvalue weighted by Gasteiger charge is -2.03. The maximum absolute atomic E-state index is 11.6. The first-order valence-electron chi connectivity index (χ1n) is 6.37. The van der Waals surface area contributed by atoms with Gasteiger partial charge in [-0.3, -0.25) is 9.38 Å². The van der Waals surface area contributed by atoms with Gasteiger partial charge in [-0.15, -0.1) is 0 Å². The largest absolute Gasteiger partial charge is 0.476 e. The molecule has 0 amide bonds. The monoisotopic (exact) mass is 297 g/mol. The molecule has 0 aliphatic rings. The Morgan fingerprint density at radius 1 is 1.27 bits per heavy atom. The molecule has 0 aliphatic heterocycles. The molecule has 0 aliphatic carbocycles. The van der Waals surface area contributed by atoms with E-state index in [1.54, 1.807) is 41.1 Å². The van der Waals surface area contributed by atoms with Crippen LogP contribution in [0.15, 0.2) is 42.7 Å². The molecule has 3 heterocycles. The van der Waals surface area contributed by atoms with Gasteiger partial charge >= 0.3 is 11.9 Å². The highest BCUT2D eigenvalue weighted by Crippen LogP contribution is 2.22. The van der Waals surface area contributed by atoms with E-state index in [0.717, 1.165) is 0 Å². The first-order chi connectivity index (χ1) is 10.6. The Morgan fingerprint density at radius 2 is 2.09 bits per heavy atom. The normalized spacial score (nSPS) is 10.6. The van der Waals surface area contributed by atoms with E-state index in [9.17, 15) is 14.7 Å². The maximum atomic E-state index is 11.6. The van der Waals surface area contributed by atoms with E-state index < -0.39 is 11.9 Å².